The van der Waals surface area contributed by atoms with E-state index in [1.807, 2.05) is 0 Å². The molecule has 0 amide bonds. The van der Waals surface area contributed by atoms with Gasteiger partial charge < -0.3 is 4.65 Å². The first-order chi connectivity index (χ1) is 3.71. The van der Waals surface area contributed by atoms with Crippen LogP contribution in [0.15, 0.2) is 0 Å². The Hall–Kier alpha value is 2.03. The summed E-state index contributed by atoms with van der Waals surface area (Å²) < 4.78 is 4.82. The fourth-order valence-corrected chi connectivity index (χ4v) is 9.06. The maximum absolute atomic E-state index is 4.82. The normalized spacial score (nSPS) is 12.6. The van der Waals surface area contributed by atoms with Crippen molar-refractivity contribution in [3.63, 3.8) is 0 Å². The second-order valence-electron chi connectivity index (χ2n) is 4.45. The molecule has 0 fully saturated rings. The Balaban J connectivity index is 0. The second-order valence-corrected chi connectivity index (χ2v) is 14.0. The van der Waals surface area contributed by atoms with Crippen molar-refractivity contribution in [3.8, 4) is 0 Å². The molecule has 0 saturated heterocycles. The molecule has 0 heterocycles. The monoisotopic (exact) mass is 199 g/mol. The van der Waals surface area contributed by atoms with Crippen LogP contribution in [0.25, 0.3) is 4.65 Å². The molecule has 0 rings (SSSR count). The van der Waals surface area contributed by atoms with Crippen LogP contribution in [-0.2, 0) is 0 Å². The van der Waals surface area contributed by atoms with Crippen molar-refractivity contribution in [1.29, 1.82) is 0 Å². The molecule has 0 atom stereocenters. The molecule has 0 aliphatic rings. The van der Waals surface area contributed by atoms with Gasteiger partial charge in [-0.1, -0.05) is 55.8 Å². The van der Waals surface area contributed by atoms with Crippen LogP contribution in [0.5, 0.6) is 0 Å². The predicted molar refractivity (Wildman–Crippen MR) is 55.8 cm³/mol. The molecule has 1 radical (unpaired) electrons. The molecule has 4 heteroatoms. The van der Waals surface area contributed by atoms with Gasteiger partial charge in [0.05, 0.1) is 0 Å². The number of hydrogen-bond acceptors (Lipinski definition) is 0. The zero-order valence-corrected chi connectivity index (χ0v) is 13.6. The van der Waals surface area contributed by atoms with Crippen molar-refractivity contribution in [1.82, 2.24) is 0 Å². The molecule has 0 N–H and O–H groups in total. The van der Waals surface area contributed by atoms with E-state index in [0.29, 0.717) is 0 Å². The van der Waals surface area contributed by atoms with Crippen molar-refractivity contribution >= 4 is 67.9 Å². The van der Waals surface area contributed by atoms with E-state index in [-0.39, 0.29) is 51.4 Å². The van der Waals surface area contributed by atoms with E-state index in [1.54, 1.807) is 0 Å². The maximum Gasteiger partial charge on any atom is 0 e. The van der Waals surface area contributed by atoms with E-state index >= 15 is 0 Å². The van der Waals surface area contributed by atoms with Gasteiger partial charge in [-0.2, -0.15) is 0 Å². The Morgan fingerprint density at radius 2 is 0.900 bits per heavy atom. The second kappa shape index (κ2) is 4.91. The summed E-state index contributed by atoms with van der Waals surface area (Å²) in [5, 5.41) is 0. The predicted octanol–water partition coefficient (Wildman–Crippen LogP) is 2.65. The topological polar surface area (TPSA) is 14.1 Å². The summed E-state index contributed by atoms with van der Waals surface area (Å²) in [5.74, 6) is 0. The fraction of sp³-hybridized carbons (Fsp3) is 1.00. The minimum absolute atomic E-state index is 0. The van der Waals surface area contributed by atoms with Gasteiger partial charge in [-0.3, -0.25) is 0 Å². The van der Waals surface area contributed by atoms with Gasteiger partial charge in [-0.15, -0.1) is 0 Å². The van der Waals surface area contributed by atoms with Gasteiger partial charge in [0.15, 0.2) is 0 Å². The molecule has 0 aliphatic carbocycles. The van der Waals surface area contributed by atoms with Crippen molar-refractivity contribution < 1.29 is 0 Å². The molecule has 1 nitrogen and oxygen atoms in total. The quantitative estimate of drug-likeness (QED) is 0.607. The first-order valence-corrected chi connectivity index (χ1v) is 10.3. The number of nitrogens with zero attached hydrogens (tertiary/aromatic N) is 1. The molecular formula is C6H18KNSi2-. The average molecular weight is 199 g/mol. The number of rotatable bonds is 2. The van der Waals surface area contributed by atoms with Crippen LogP contribution in [-0.4, -0.2) is 67.9 Å². The van der Waals surface area contributed by atoms with Crippen LogP contribution >= 0.6 is 0 Å². The molecule has 0 saturated carbocycles. The molecule has 57 valence electrons. The minimum atomic E-state index is -1.11. The summed E-state index contributed by atoms with van der Waals surface area (Å²) in [6.07, 6.45) is 0. The summed E-state index contributed by atoms with van der Waals surface area (Å²) in [7, 11) is -2.21. The van der Waals surface area contributed by atoms with Crippen LogP contribution < -0.4 is 0 Å². The molecule has 0 aromatic heterocycles. The van der Waals surface area contributed by atoms with Crippen molar-refractivity contribution in [2.75, 3.05) is 0 Å². The van der Waals surface area contributed by atoms with Crippen molar-refractivity contribution in [2.24, 2.45) is 0 Å². The van der Waals surface area contributed by atoms with Gasteiger partial charge >= 0.3 is 0 Å². The molecule has 0 unspecified atom stereocenters. The van der Waals surface area contributed by atoms with E-state index in [4.69, 9.17) is 4.65 Å². The van der Waals surface area contributed by atoms with E-state index in [9.17, 15) is 0 Å². The van der Waals surface area contributed by atoms with Crippen molar-refractivity contribution in [3.05, 3.63) is 4.65 Å². The SMILES string of the molecule is C[Si](C)(C)[N-][Si](C)(C)C.[K]. The van der Waals surface area contributed by atoms with Gasteiger partial charge in [0.25, 0.3) is 0 Å². The molecule has 0 aliphatic heterocycles. The van der Waals surface area contributed by atoms with Gasteiger partial charge in [-0.25, -0.2) is 0 Å². The fourth-order valence-electron chi connectivity index (χ4n) is 1.01. The molecule has 0 aromatic carbocycles. The Kier molecular flexibility index (Phi) is 7.15. The summed E-state index contributed by atoms with van der Waals surface area (Å²) in [6, 6.07) is 0. The molecular weight excluding hydrogens is 181 g/mol. The van der Waals surface area contributed by atoms with E-state index in [1.165, 1.54) is 0 Å². The van der Waals surface area contributed by atoms with E-state index in [0.717, 1.165) is 0 Å². The van der Waals surface area contributed by atoms with Crippen molar-refractivity contribution in [2.45, 2.75) is 39.3 Å². The Morgan fingerprint density at radius 3 is 0.900 bits per heavy atom. The van der Waals surface area contributed by atoms with Crippen LogP contribution in [0.1, 0.15) is 0 Å². The van der Waals surface area contributed by atoms with Gasteiger partial charge in [0.1, 0.15) is 0 Å². The molecule has 0 bridgehead atoms. The zero-order chi connectivity index (χ0) is 7.71. The van der Waals surface area contributed by atoms with Crippen LogP contribution in [0, 0.1) is 0 Å². The van der Waals surface area contributed by atoms with E-state index in [2.05, 4.69) is 39.3 Å². The van der Waals surface area contributed by atoms with Crippen LogP contribution in [0.2, 0.25) is 39.3 Å². The molecule has 0 spiro atoms. The molecule has 10 heavy (non-hydrogen) atoms. The summed E-state index contributed by atoms with van der Waals surface area (Å²) in [5.41, 5.74) is 0. The first-order valence-electron chi connectivity index (χ1n) is 3.45. The van der Waals surface area contributed by atoms with E-state index < -0.39 is 16.5 Å². The first kappa shape index (κ1) is 14.5. The van der Waals surface area contributed by atoms with Crippen LogP contribution in [0.4, 0.5) is 0 Å². The molecule has 0 aromatic rings. The average Bonchev–Trinajstić information content (AvgIpc) is 1.14. The van der Waals surface area contributed by atoms with Crippen LogP contribution in [0.3, 0.4) is 0 Å². The third kappa shape index (κ3) is 12.7. The Bertz CT molecular complexity index is 80.9. The summed E-state index contributed by atoms with van der Waals surface area (Å²) >= 11 is 0. The minimum Gasteiger partial charge on any atom is -0.668 e. The Morgan fingerprint density at radius 1 is 0.700 bits per heavy atom. The summed E-state index contributed by atoms with van der Waals surface area (Å²) in [4.78, 5) is 0. The number of hydrogen-bond donors (Lipinski definition) is 0. The Labute approximate surface area is 110 Å². The zero-order valence-electron chi connectivity index (χ0n) is 8.45. The largest absolute Gasteiger partial charge is 0.668 e. The van der Waals surface area contributed by atoms with Gasteiger partial charge in [-0.05, 0) is 0 Å². The third-order valence-corrected chi connectivity index (χ3v) is 6.04. The smallest absolute Gasteiger partial charge is 0 e. The standard InChI is InChI=1S/C6H18NSi2.K/c1-8(2,3)7-9(4,5)6;/h1-6H3;/q-1;. The maximum atomic E-state index is 4.82. The summed E-state index contributed by atoms with van der Waals surface area (Å²) in [6.45, 7) is 13.8. The van der Waals surface area contributed by atoms with Gasteiger partial charge in [0.2, 0.25) is 0 Å². The third-order valence-electron chi connectivity index (χ3n) is 0.671. The van der Waals surface area contributed by atoms with Gasteiger partial charge in [0, 0.05) is 51.4 Å².